The van der Waals surface area contributed by atoms with Gasteiger partial charge in [0.25, 0.3) is 0 Å². The minimum Gasteiger partial charge on any atom is -0.493 e. The molecule has 1 saturated carbocycles. The highest BCUT2D eigenvalue weighted by molar-refractivity contribution is 7.77. The molecule has 0 aliphatic heterocycles. The Morgan fingerprint density at radius 2 is 2.11 bits per heavy atom. The van der Waals surface area contributed by atoms with Crippen LogP contribution in [0.2, 0.25) is 0 Å². The molecule has 2 aromatic rings. The number of aromatic nitrogens is 1. The minimum absolute atomic E-state index is 0.127. The van der Waals surface area contributed by atoms with Gasteiger partial charge < -0.3 is 9.26 Å². The number of nitrogens with zero attached hydrogens (tertiary/aromatic N) is 1. The zero-order chi connectivity index (χ0) is 19.4. The van der Waals surface area contributed by atoms with Crippen molar-refractivity contribution in [1.29, 1.82) is 0 Å². The molecule has 3 rings (SSSR count). The van der Waals surface area contributed by atoms with E-state index in [-0.39, 0.29) is 38.3 Å². The summed E-state index contributed by atoms with van der Waals surface area (Å²) in [6.07, 6.45) is -0.205. The molecule has 6 nitrogen and oxygen atoms in total. The zero-order valence-corrected chi connectivity index (χ0v) is 15.7. The van der Waals surface area contributed by atoms with Crippen LogP contribution in [0.1, 0.15) is 25.0 Å². The lowest BCUT2D eigenvalue weighted by atomic mass is 9.78. The fourth-order valence-electron chi connectivity index (χ4n) is 3.35. The number of nitrogens with one attached hydrogen (secondary N) is 1. The molecule has 0 bridgehead atoms. The Morgan fingerprint density at radius 3 is 2.74 bits per heavy atom. The molecule has 1 aromatic carbocycles. The number of ether oxygens (including phenoxy) is 1. The Balaban J connectivity index is 1.61. The first-order chi connectivity index (χ1) is 12.8. The smallest absolute Gasteiger partial charge is 0.248 e. The van der Waals surface area contributed by atoms with Crippen molar-refractivity contribution in [3.05, 3.63) is 36.1 Å². The van der Waals surface area contributed by atoms with Gasteiger partial charge >= 0.3 is 0 Å². The molecule has 148 valence electrons. The van der Waals surface area contributed by atoms with Crippen molar-refractivity contribution in [2.75, 3.05) is 13.2 Å². The van der Waals surface area contributed by atoms with E-state index in [9.17, 15) is 13.0 Å². The highest BCUT2D eigenvalue weighted by Crippen LogP contribution is 2.40. The van der Waals surface area contributed by atoms with Gasteiger partial charge in [0.15, 0.2) is 0 Å². The standard InChI is InChI=1S/C18H22F2N2O4S/c1-12-8-17(22-26-12)13-2-4-16(5-3-13)25-11-15-9-18(19,20)7-6-14(15)10-21-27(23)24/h2-5,8,14-15,21H,6-7,9-11H2,1H3,(H,23,24)/t14-,15+/m1/s1. The Morgan fingerprint density at radius 1 is 1.37 bits per heavy atom. The molecule has 1 fully saturated rings. The monoisotopic (exact) mass is 400 g/mol. The van der Waals surface area contributed by atoms with Gasteiger partial charge in [-0.05, 0) is 43.5 Å². The van der Waals surface area contributed by atoms with Crippen LogP contribution >= 0.6 is 0 Å². The molecule has 0 saturated heterocycles. The number of hydrogen-bond acceptors (Lipinski definition) is 4. The molecule has 9 heteroatoms. The van der Waals surface area contributed by atoms with E-state index in [1.54, 1.807) is 12.1 Å². The summed E-state index contributed by atoms with van der Waals surface area (Å²) in [6.45, 7) is 2.14. The summed E-state index contributed by atoms with van der Waals surface area (Å²) in [7, 11) is 0. The predicted octanol–water partition coefficient (Wildman–Crippen LogP) is 3.81. The first kappa shape index (κ1) is 19.9. The topological polar surface area (TPSA) is 84.6 Å². The fourth-order valence-corrected chi connectivity index (χ4v) is 3.71. The number of benzene rings is 1. The zero-order valence-electron chi connectivity index (χ0n) is 14.9. The van der Waals surface area contributed by atoms with E-state index in [0.29, 0.717) is 17.2 Å². The Hall–Kier alpha value is -1.84. The van der Waals surface area contributed by atoms with Crippen LogP contribution in [-0.2, 0) is 11.3 Å². The SMILES string of the molecule is Cc1cc(-c2ccc(OC[C@@H]3CC(F)(F)CC[C@@H]3CNS(=O)O)cc2)no1. The van der Waals surface area contributed by atoms with Gasteiger partial charge in [-0.25, -0.2) is 17.7 Å². The van der Waals surface area contributed by atoms with Crippen LogP contribution in [0.4, 0.5) is 8.78 Å². The average molecular weight is 400 g/mol. The first-order valence-electron chi connectivity index (χ1n) is 8.71. The Bertz CT molecular complexity index is 782. The third-order valence-corrected chi connectivity index (χ3v) is 5.23. The molecule has 0 spiro atoms. The van der Waals surface area contributed by atoms with E-state index >= 15 is 0 Å². The quantitative estimate of drug-likeness (QED) is 0.691. The van der Waals surface area contributed by atoms with Crippen molar-refractivity contribution in [2.45, 2.75) is 32.1 Å². The van der Waals surface area contributed by atoms with Gasteiger partial charge in [-0.15, -0.1) is 0 Å². The second-order valence-electron chi connectivity index (χ2n) is 6.87. The third kappa shape index (κ3) is 5.57. The summed E-state index contributed by atoms with van der Waals surface area (Å²) in [5.74, 6) is -1.98. The second-order valence-corrected chi connectivity index (χ2v) is 7.66. The van der Waals surface area contributed by atoms with Crippen molar-refractivity contribution in [3.8, 4) is 17.0 Å². The molecule has 1 aliphatic rings. The first-order valence-corrected chi connectivity index (χ1v) is 9.82. The predicted molar refractivity (Wildman–Crippen MR) is 96.7 cm³/mol. The summed E-state index contributed by atoms with van der Waals surface area (Å²) in [4.78, 5) is 0. The number of hydrogen-bond donors (Lipinski definition) is 2. The fraction of sp³-hybridized carbons (Fsp3) is 0.500. The van der Waals surface area contributed by atoms with E-state index < -0.39 is 23.1 Å². The maximum Gasteiger partial charge on any atom is 0.248 e. The molecular weight excluding hydrogens is 378 g/mol. The van der Waals surface area contributed by atoms with E-state index in [2.05, 4.69) is 9.88 Å². The van der Waals surface area contributed by atoms with Gasteiger partial charge in [0.05, 0.1) is 6.61 Å². The summed E-state index contributed by atoms with van der Waals surface area (Å²) in [5.41, 5.74) is 1.59. The van der Waals surface area contributed by atoms with Crippen LogP contribution in [0.5, 0.6) is 5.75 Å². The van der Waals surface area contributed by atoms with Crippen LogP contribution in [0.3, 0.4) is 0 Å². The molecule has 2 N–H and O–H groups in total. The molecule has 3 atom stereocenters. The van der Waals surface area contributed by atoms with Gasteiger partial charge in [0.2, 0.25) is 17.2 Å². The number of alkyl halides is 2. The minimum atomic E-state index is -2.72. The maximum absolute atomic E-state index is 13.8. The second kappa shape index (κ2) is 8.45. The van der Waals surface area contributed by atoms with Gasteiger partial charge in [-0.1, -0.05) is 5.16 Å². The van der Waals surface area contributed by atoms with Gasteiger partial charge in [-0.3, -0.25) is 4.55 Å². The molecule has 0 radical (unpaired) electrons. The van der Waals surface area contributed by atoms with E-state index in [1.165, 1.54) is 0 Å². The highest BCUT2D eigenvalue weighted by Gasteiger charge is 2.41. The van der Waals surface area contributed by atoms with Gasteiger partial charge in [-0.2, -0.15) is 0 Å². The lowest BCUT2D eigenvalue weighted by Crippen LogP contribution is -2.40. The van der Waals surface area contributed by atoms with E-state index in [4.69, 9.17) is 13.8 Å². The van der Waals surface area contributed by atoms with Crippen LogP contribution in [0.15, 0.2) is 34.9 Å². The lowest BCUT2D eigenvalue weighted by molar-refractivity contribution is -0.0757. The molecule has 1 unspecified atom stereocenters. The Kier molecular flexibility index (Phi) is 6.23. The van der Waals surface area contributed by atoms with E-state index in [1.807, 2.05) is 25.1 Å². The Labute approximate surface area is 158 Å². The van der Waals surface area contributed by atoms with Gasteiger partial charge in [0, 0.05) is 36.9 Å². The number of halogens is 2. The molecule has 27 heavy (non-hydrogen) atoms. The lowest BCUT2D eigenvalue weighted by Gasteiger charge is -2.35. The van der Waals surface area contributed by atoms with Crippen LogP contribution in [0.25, 0.3) is 11.3 Å². The molecule has 1 heterocycles. The summed E-state index contributed by atoms with van der Waals surface area (Å²) in [6, 6.07) is 9.00. The van der Waals surface area contributed by atoms with E-state index in [0.717, 1.165) is 5.56 Å². The summed E-state index contributed by atoms with van der Waals surface area (Å²) in [5, 5.41) is 3.94. The molecule has 1 aliphatic carbocycles. The van der Waals surface area contributed by atoms with Crippen LogP contribution in [-0.4, -0.2) is 33.0 Å². The molecular formula is C18H22F2N2O4S. The maximum atomic E-state index is 13.8. The van der Waals surface area contributed by atoms with Crippen molar-refractivity contribution in [2.24, 2.45) is 11.8 Å². The normalized spacial score (nSPS) is 23.1. The average Bonchev–Trinajstić information content (AvgIpc) is 3.05. The van der Waals surface area contributed by atoms with Crippen molar-refractivity contribution >= 4 is 11.3 Å². The molecule has 0 amide bonds. The van der Waals surface area contributed by atoms with Crippen LogP contribution in [0, 0.1) is 18.8 Å². The largest absolute Gasteiger partial charge is 0.493 e. The highest BCUT2D eigenvalue weighted by atomic mass is 32.2. The van der Waals surface area contributed by atoms with Gasteiger partial charge in [0.1, 0.15) is 17.2 Å². The molecule has 1 aromatic heterocycles. The van der Waals surface area contributed by atoms with Crippen molar-refractivity contribution < 1.29 is 26.8 Å². The third-order valence-electron chi connectivity index (χ3n) is 4.82. The van der Waals surface area contributed by atoms with Crippen molar-refractivity contribution in [3.63, 3.8) is 0 Å². The number of aryl methyl sites for hydroxylation is 1. The summed E-state index contributed by atoms with van der Waals surface area (Å²) < 4.78 is 60.5. The van der Waals surface area contributed by atoms with Crippen LogP contribution < -0.4 is 9.46 Å². The van der Waals surface area contributed by atoms with Crippen molar-refractivity contribution in [1.82, 2.24) is 9.88 Å². The number of rotatable bonds is 7. The summed E-state index contributed by atoms with van der Waals surface area (Å²) >= 11 is -2.15.